The first-order valence-electron chi connectivity index (χ1n) is 9.12. The van der Waals surface area contributed by atoms with Crippen LogP contribution in [-0.2, 0) is 6.61 Å². The Hall–Kier alpha value is -2.75. The second kappa shape index (κ2) is 9.17. The molecule has 0 unspecified atom stereocenters. The van der Waals surface area contributed by atoms with Gasteiger partial charge in [0.1, 0.15) is 12.4 Å². The number of nitrogens with one attached hydrogen (secondary N) is 2. The predicted molar refractivity (Wildman–Crippen MR) is 113 cm³/mol. The van der Waals surface area contributed by atoms with Crippen LogP contribution in [0.2, 0.25) is 5.02 Å². The van der Waals surface area contributed by atoms with E-state index in [1.165, 1.54) is 11.3 Å². The molecule has 1 amide bonds. The SMILES string of the molecule is O=C(Nc1nnc(OCc2ccc(Cl)cc2)s1)c1cccnc1N1CCNCC1. The van der Waals surface area contributed by atoms with E-state index in [1.807, 2.05) is 12.1 Å². The molecule has 0 radical (unpaired) electrons. The number of halogens is 1. The lowest BCUT2D eigenvalue weighted by molar-refractivity contribution is 0.102. The van der Waals surface area contributed by atoms with E-state index < -0.39 is 0 Å². The second-order valence-electron chi connectivity index (χ2n) is 6.35. The Labute approximate surface area is 176 Å². The quantitative estimate of drug-likeness (QED) is 0.621. The average Bonchev–Trinajstić information content (AvgIpc) is 3.21. The molecule has 0 atom stereocenters. The van der Waals surface area contributed by atoms with Crippen LogP contribution < -0.4 is 20.3 Å². The second-order valence-corrected chi connectivity index (χ2v) is 7.73. The van der Waals surface area contributed by atoms with Gasteiger partial charge in [-0.05, 0) is 41.2 Å². The molecule has 4 rings (SSSR count). The third-order valence-corrected chi connectivity index (χ3v) is 5.35. The van der Waals surface area contributed by atoms with Gasteiger partial charge in [0.05, 0.1) is 5.56 Å². The summed E-state index contributed by atoms with van der Waals surface area (Å²) >= 11 is 7.05. The van der Waals surface area contributed by atoms with Crippen molar-refractivity contribution in [2.24, 2.45) is 0 Å². The van der Waals surface area contributed by atoms with Gasteiger partial charge in [-0.25, -0.2) is 4.98 Å². The van der Waals surface area contributed by atoms with Gasteiger partial charge in [-0.3, -0.25) is 10.1 Å². The molecule has 29 heavy (non-hydrogen) atoms. The normalized spacial score (nSPS) is 13.9. The Morgan fingerprint density at radius 1 is 1.21 bits per heavy atom. The summed E-state index contributed by atoms with van der Waals surface area (Å²) in [6.45, 7) is 3.68. The zero-order valence-corrected chi connectivity index (χ0v) is 17.0. The van der Waals surface area contributed by atoms with Gasteiger partial charge in [-0.1, -0.05) is 28.8 Å². The Balaban J connectivity index is 1.40. The van der Waals surface area contributed by atoms with Crippen molar-refractivity contribution >= 4 is 39.8 Å². The molecule has 0 bridgehead atoms. The largest absolute Gasteiger partial charge is 0.464 e. The lowest BCUT2D eigenvalue weighted by atomic mass is 10.2. The van der Waals surface area contributed by atoms with Crippen molar-refractivity contribution in [3.05, 3.63) is 58.7 Å². The Kier molecular flexibility index (Phi) is 6.18. The van der Waals surface area contributed by atoms with Crippen LogP contribution in [0.4, 0.5) is 10.9 Å². The van der Waals surface area contributed by atoms with Gasteiger partial charge in [-0.2, -0.15) is 0 Å². The third-order valence-electron chi connectivity index (χ3n) is 4.35. The predicted octanol–water partition coefficient (Wildman–Crippen LogP) is 2.83. The molecule has 1 aliphatic rings. The molecule has 0 aliphatic carbocycles. The van der Waals surface area contributed by atoms with E-state index in [1.54, 1.807) is 30.5 Å². The smallest absolute Gasteiger partial charge is 0.296 e. The number of aromatic nitrogens is 3. The Morgan fingerprint density at radius 2 is 2.00 bits per heavy atom. The van der Waals surface area contributed by atoms with Crippen molar-refractivity contribution < 1.29 is 9.53 Å². The van der Waals surface area contributed by atoms with Crippen molar-refractivity contribution in [1.29, 1.82) is 0 Å². The van der Waals surface area contributed by atoms with Gasteiger partial charge in [0.25, 0.3) is 11.1 Å². The minimum Gasteiger partial charge on any atom is -0.464 e. The monoisotopic (exact) mass is 430 g/mol. The van der Waals surface area contributed by atoms with Crippen LogP contribution >= 0.6 is 22.9 Å². The van der Waals surface area contributed by atoms with Crippen LogP contribution in [0.15, 0.2) is 42.6 Å². The molecule has 10 heteroatoms. The molecule has 0 spiro atoms. The number of nitrogens with zero attached hydrogens (tertiary/aromatic N) is 4. The number of amides is 1. The number of anilines is 2. The fourth-order valence-electron chi connectivity index (χ4n) is 2.91. The molecule has 1 aliphatic heterocycles. The van der Waals surface area contributed by atoms with E-state index in [0.29, 0.717) is 33.3 Å². The van der Waals surface area contributed by atoms with E-state index in [0.717, 1.165) is 31.7 Å². The summed E-state index contributed by atoms with van der Waals surface area (Å²) in [5.41, 5.74) is 1.47. The fraction of sp³-hybridized carbons (Fsp3) is 0.263. The summed E-state index contributed by atoms with van der Waals surface area (Å²) in [7, 11) is 0. The summed E-state index contributed by atoms with van der Waals surface area (Å²) in [4.78, 5) is 19.3. The maximum absolute atomic E-state index is 12.8. The van der Waals surface area contributed by atoms with E-state index >= 15 is 0 Å². The number of rotatable bonds is 6. The van der Waals surface area contributed by atoms with Crippen LogP contribution in [0.5, 0.6) is 5.19 Å². The van der Waals surface area contributed by atoms with Gasteiger partial charge >= 0.3 is 0 Å². The molecule has 3 heterocycles. The summed E-state index contributed by atoms with van der Waals surface area (Å²) < 4.78 is 5.64. The molecule has 1 saturated heterocycles. The fourth-order valence-corrected chi connectivity index (χ4v) is 3.63. The molecule has 150 valence electrons. The Bertz CT molecular complexity index is 975. The molecule has 0 saturated carbocycles. The standard InChI is InChI=1S/C19H19ClN6O2S/c20-14-5-3-13(4-6-14)12-28-19-25-24-18(29-19)23-17(27)15-2-1-7-22-16(15)26-10-8-21-9-11-26/h1-7,21H,8-12H2,(H,23,24,27). The van der Waals surface area contributed by atoms with Crippen molar-refractivity contribution in [1.82, 2.24) is 20.5 Å². The molecular formula is C19H19ClN6O2S. The first kappa shape index (κ1) is 19.6. The number of benzene rings is 1. The molecular weight excluding hydrogens is 412 g/mol. The highest BCUT2D eigenvalue weighted by molar-refractivity contribution is 7.17. The van der Waals surface area contributed by atoms with E-state index in [2.05, 4.69) is 30.7 Å². The zero-order valence-electron chi connectivity index (χ0n) is 15.5. The minimum atomic E-state index is -0.271. The first-order valence-corrected chi connectivity index (χ1v) is 10.3. The van der Waals surface area contributed by atoms with E-state index in [4.69, 9.17) is 16.3 Å². The molecule has 1 aromatic carbocycles. The third kappa shape index (κ3) is 5.00. The van der Waals surface area contributed by atoms with Crippen molar-refractivity contribution in [2.45, 2.75) is 6.61 Å². The summed E-state index contributed by atoms with van der Waals surface area (Å²) in [6, 6.07) is 10.9. The first-order chi connectivity index (χ1) is 14.2. The van der Waals surface area contributed by atoms with Gasteiger partial charge < -0.3 is 15.0 Å². The molecule has 2 aromatic heterocycles. The highest BCUT2D eigenvalue weighted by Gasteiger charge is 2.20. The molecule has 1 fully saturated rings. The topological polar surface area (TPSA) is 92.3 Å². The van der Waals surface area contributed by atoms with Crippen LogP contribution in [0.1, 0.15) is 15.9 Å². The van der Waals surface area contributed by atoms with Crippen LogP contribution in [0.3, 0.4) is 0 Å². The molecule has 2 N–H and O–H groups in total. The highest BCUT2D eigenvalue weighted by Crippen LogP contribution is 2.25. The van der Waals surface area contributed by atoms with Gasteiger partial charge in [0.15, 0.2) is 0 Å². The van der Waals surface area contributed by atoms with Crippen molar-refractivity contribution in [3.8, 4) is 5.19 Å². The number of carbonyl (C=O) groups excluding carboxylic acids is 1. The summed E-state index contributed by atoms with van der Waals surface area (Å²) in [6.07, 6.45) is 1.70. The number of piperazine rings is 1. The summed E-state index contributed by atoms with van der Waals surface area (Å²) in [5.74, 6) is 0.405. The van der Waals surface area contributed by atoms with Crippen LogP contribution in [0, 0.1) is 0 Å². The van der Waals surface area contributed by atoms with Crippen molar-refractivity contribution in [2.75, 3.05) is 36.4 Å². The maximum atomic E-state index is 12.8. The van der Waals surface area contributed by atoms with Gasteiger partial charge in [0.2, 0.25) is 5.13 Å². The van der Waals surface area contributed by atoms with E-state index in [-0.39, 0.29) is 5.91 Å². The highest BCUT2D eigenvalue weighted by atomic mass is 35.5. The van der Waals surface area contributed by atoms with Crippen LogP contribution in [-0.4, -0.2) is 47.3 Å². The molecule has 8 nitrogen and oxygen atoms in total. The zero-order chi connectivity index (χ0) is 20.1. The number of hydrogen-bond donors (Lipinski definition) is 2. The maximum Gasteiger partial charge on any atom is 0.296 e. The van der Waals surface area contributed by atoms with E-state index in [9.17, 15) is 4.79 Å². The van der Waals surface area contributed by atoms with Crippen molar-refractivity contribution in [3.63, 3.8) is 0 Å². The molecule has 3 aromatic rings. The lowest BCUT2D eigenvalue weighted by Gasteiger charge is -2.29. The van der Waals surface area contributed by atoms with Gasteiger partial charge in [-0.15, -0.1) is 5.10 Å². The number of hydrogen-bond acceptors (Lipinski definition) is 8. The average molecular weight is 431 g/mol. The minimum absolute atomic E-state index is 0.271. The number of ether oxygens (including phenoxy) is 1. The number of pyridine rings is 1. The summed E-state index contributed by atoms with van der Waals surface area (Å²) in [5, 5.41) is 15.5. The Morgan fingerprint density at radius 3 is 2.79 bits per heavy atom. The van der Waals surface area contributed by atoms with Gasteiger partial charge in [0, 0.05) is 37.4 Å². The lowest BCUT2D eigenvalue weighted by Crippen LogP contribution is -2.44. The number of carbonyl (C=O) groups is 1. The van der Waals surface area contributed by atoms with Crippen LogP contribution in [0.25, 0.3) is 0 Å².